The Labute approximate surface area is 237 Å². The molecule has 1 unspecified atom stereocenters. The fourth-order valence-electron chi connectivity index (χ4n) is 5.25. The second-order valence-electron chi connectivity index (χ2n) is 9.04. The van der Waals surface area contributed by atoms with Crippen LogP contribution < -0.4 is 44.3 Å². The van der Waals surface area contributed by atoms with E-state index in [2.05, 4.69) is 16.4 Å². The number of nitrogens with one attached hydrogen (secondary N) is 1. The van der Waals surface area contributed by atoms with Gasteiger partial charge < -0.3 is 21.0 Å². The first-order chi connectivity index (χ1) is 17.5. The van der Waals surface area contributed by atoms with Crippen LogP contribution in [0.1, 0.15) is 50.5 Å². The van der Waals surface area contributed by atoms with E-state index in [1.807, 2.05) is 41.8 Å². The van der Waals surface area contributed by atoms with Crippen LogP contribution in [-0.4, -0.2) is 28.7 Å². The molecule has 186 valence electrons. The number of imidazole rings is 1. The molecule has 7 nitrogen and oxygen atoms in total. The summed E-state index contributed by atoms with van der Waals surface area (Å²) in [5.41, 5.74) is 6.52. The van der Waals surface area contributed by atoms with Crippen molar-refractivity contribution in [2.24, 2.45) is 0 Å². The topological polar surface area (TPSA) is 74.6 Å². The molecular formula is C28H27FN3NaO4. The number of anilines is 1. The van der Waals surface area contributed by atoms with Crippen LogP contribution >= 0.6 is 0 Å². The molecule has 1 aliphatic heterocycles. The zero-order valence-corrected chi connectivity index (χ0v) is 23.1. The van der Waals surface area contributed by atoms with Gasteiger partial charge in [-0.05, 0) is 61.2 Å². The summed E-state index contributed by atoms with van der Waals surface area (Å²) in [5, 5.41) is 3.64. The van der Waals surface area contributed by atoms with Gasteiger partial charge >= 0.3 is 41.5 Å². The molecule has 9 heteroatoms. The van der Waals surface area contributed by atoms with Gasteiger partial charge in [0.05, 0.1) is 29.4 Å². The van der Waals surface area contributed by atoms with E-state index < -0.39 is 0 Å². The van der Waals surface area contributed by atoms with E-state index in [-0.39, 0.29) is 54.9 Å². The Kier molecular flexibility index (Phi) is 7.16. The smallest absolute Gasteiger partial charge is 1.00 e. The van der Waals surface area contributed by atoms with Crippen LogP contribution in [0.15, 0.2) is 54.6 Å². The fraction of sp³-hybridized carbons (Fsp3) is 0.286. The van der Waals surface area contributed by atoms with Crippen LogP contribution in [0.3, 0.4) is 0 Å². The molecule has 0 spiro atoms. The number of carbonyl (C=O) groups excluding carboxylic acids is 1. The van der Waals surface area contributed by atoms with E-state index in [9.17, 15) is 9.18 Å². The van der Waals surface area contributed by atoms with Gasteiger partial charge in [-0.1, -0.05) is 12.1 Å². The molecule has 0 fully saturated rings. The number of nitrogens with zero attached hydrogens (tertiary/aromatic N) is 2. The molecule has 1 aliphatic carbocycles. The summed E-state index contributed by atoms with van der Waals surface area (Å²) >= 11 is 0. The van der Waals surface area contributed by atoms with Crippen LogP contribution in [0, 0.1) is 5.82 Å². The molecule has 37 heavy (non-hydrogen) atoms. The normalized spacial score (nSPS) is 17.5. The van der Waals surface area contributed by atoms with Crippen molar-refractivity contribution in [2.75, 3.05) is 18.5 Å². The van der Waals surface area contributed by atoms with Crippen LogP contribution in [-0.2, 0) is 16.0 Å². The molecule has 0 radical (unpaired) electrons. The number of fused-ring (bicyclic) bond motifs is 3. The first-order valence-corrected chi connectivity index (χ1v) is 12.1. The van der Waals surface area contributed by atoms with Crippen molar-refractivity contribution in [3.8, 4) is 17.4 Å². The number of aromatic nitrogens is 2. The average Bonchev–Trinajstić information content (AvgIpc) is 3.54. The second kappa shape index (κ2) is 10.4. The van der Waals surface area contributed by atoms with Gasteiger partial charge in [0, 0.05) is 30.3 Å². The van der Waals surface area contributed by atoms with Crippen LogP contribution in [0.5, 0.6) is 11.8 Å². The van der Waals surface area contributed by atoms with Crippen LogP contribution in [0.4, 0.5) is 10.1 Å². The van der Waals surface area contributed by atoms with Gasteiger partial charge in [0.25, 0.3) is 0 Å². The van der Waals surface area contributed by atoms with E-state index in [0.717, 1.165) is 35.5 Å². The Morgan fingerprint density at radius 3 is 2.89 bits per heavy atom. The van der Waals surface area contributed by atoms with E-state index in [1.54, 1.807) is 6.07 Å². The van der Waals surface area contributed by atoms with Crippen molar-refractivity contribution >= 4 is 22.7 Å². The summed E-state index contributed by atoms with van der Waals surface area (Å²) < 4.78 is 33.0. The third-order valence-corrected chi connectivity index (χ3v) is 6.75. The van der Waals surface area contributed by atoms with Gasteiger partial charge in [-0.3, -0.25) is 9.36 Å². The summed E-state index contributed by atoms with van der Waals surface area (Å²) in [5.74, 6) is 0.0954. The number of halogens is 1. The van der Waals surface area contributed by atoms with Crippen molar-refractivity contribution in [3.63, 3.8) is 0 Å². The molecule has 0 saturated heterocycles. The number of rotatable bonds is 6. The van der Waals surface area contributed by atoms with Crippen molar-refractivity contribution in [1.29, 1.82) is 0 Å². The molecule has 0 saturated carbocycles. The van der Waals surface area contributed by atoms with E-state index in [1.165, 1.54) is 30.2 Å². The first-order valence-electron chi connectivity index (χ1n) is 12.1. The third-order valence-electron chi connectivity index (χ3n) is 6.75. The number of hydrogen-bond donors (Lipinski definition) is 1. The summed E-state index contributed by atoms with van der Waals surface area (Å²) in [6, 6.07) is 17.2. The SMILES string of the molecule is CCOc1nc2ccc(F)cc2n1-c1cccc2c1CCC2Nc1ccc2c(c1)OC[C@H]2OC(C)=O.[H-].[Na+]. The molecule has 1 aromatic heterocycles. The number of esters is 1. The fourth-order valence-corrected chi connectivity index (χ4v) is 5.25. The van der Waals surface area contributed by atoms with Crippen LogP contribution in [0.25, 0.3) is 16.7 Å². The second-order valence-corrected chi connectivity index (χ2v) is 9.04. The molecule has 0 amide bonds. The van der Waals surface area contributed by atoms with Crippen molar-refractivity contribution in [1.82, 2.24) is 9.55 Å². The summed E-state index contributed by atoms with van der Waals surface area (Å²) in [4.78, 5) is 16.0. The summed E-state index contributed by atoms with van der Waals surface area (Å²) in [6.07, 6.45) is 1.40. The Hall–Kier alpha value is -3.07. The first kappa shape index (κ1) is 25.6. The number of ether oxygens (including phenoxy) is 3. The Balaban J connectivity index is 0.00000168. The number of carbonyl (C=O) groups is 1. The van der Waals surface area contributed by atoms with Crippen molar-refractivity contribution in [2.45, 2.75) is 38.8 Å². The summed E-state index contributed by atoms with van der Waals surface area (Å²) in [7, 11) is 0. The molecule has 1 N–H and O–H groups in total. The molecule has 2 heterocycles. The predicted molar refractivity (Wildman–Crippen MR) is 134 cm³/mol. The zero-order chi connectivity index (χ0) is 24.8. The van der Waals surface area contributed by atoms with Crippen molar-refractivity contribution < 1.29 is 54.4 Å². The average molecular weight is 512 g/mol. The Morgan fingerprint density at radius 1 is 1.22 bits per heavy atom. The minimum absolute atomic E-state index is 0. The Morgan fingerprint density at radius 2 is 2.08 bits per heavy atom. The maximum atomic E-state index is 14.2. The van der Waals surface area contributed by atoms with E-state index >= 15 is 0 Å². The van der Waals surface area contributed by atoms with Crippen LogP contribution in [0.2, 0.25) is 0 Å². The minimum atomic E-state index is -0.365. The number of benzene rings is 3. The molecule has 6 rings (SSSR count). The minimum Gasteiger partial charge on any atom is -1.00 e. The molecule has 3 aromatic carbocycles. The molecule has 2 aliphatic rings. The van der Waals surface area contributed by atoms with Gasteiger partial charge in [-0.2, -0.15) is 4.98 Å². The predicted octanol–water partition coefficient (Wildman–Crippen LogP) is 2.78. The van der Waals surface area contributed by atoms with Crippen molar-refractivity contribution in [3.05, 3.63) is 77.1 Å². The summed E-state index contributed by atoms with van der Waals surface area (Å²) in [6.45, 7) is 4.11. The van der Waals surface area contributed by atoms with Gasteiger partial charge in [0.1, 0.15) is 18.2 Å². The molecule has 4 aromatic rings. The van der Waals surface area contributed by atoms with Gasteiger partial charge in [0.2, 0.25) is 0 Å². The maximum absolute atomic E-state index is 14.2. The number of hydrogen-bond acceptors (Lipinski definition) is 6. The third kappa shape index (κ3) is 4.69. The molecule has 0 bridgehead atoms. The molecule has 2 atom stereocenters. The van der Waals surface area contributed by atoms with E-state index in [4.69, 9.17) is 14.2 Å². The Bertz CT molecular complexity index is 1490. The quantitative estimate of drug-likeness (QED) is 0.317. The van der Waals surface area contributed by atoms with Gasteiger partial charge in [-0.15, -0.1) is 0 Å². The van der Waals surface area contributed by atoms with E-state index in [0.29, 0.717) is 30.3 Å². The molecular weight excluding hydrogens is 484 g/mol. The van der Waals surface area contributed by atoms with Gasteiger partial charge in [-0.25, -0.2) is 4.39 Å². The maximum Gasteiger partial charge on any atom is 1.00 e. The largest absolute Gasteiger partial charge is 1.00 e. The standard InChI is InChI=1S/C28H26FN3O4.Na.H/c1-3-34-28-31-23-11-7-17(29)13-25(23)32(28)24-6-4-5-19-20(24)10-12-22(19)30-18-8-9-21-26(14-18)35-15-27(21)36-16(2)33;;/h4-9,11,13-14,22,27,30H,3,10,12,15H2,1-2H3;;/q;+1;-1/t22?,27-;;/m1../s1. The zero-order valence-electron chi connectivity index (χ0n) is 22.1. The van der Waals surface area contributed by atoms with Gasteiger partial charge in [0.15, 0.2) is 6.10 Å². The monoisotopic (exact) mass is 511 g/mol.